The van der Waals surface area contributed by atoms with Gasteiger partial charge in [-0.1, -0.05) is 38.1 Å². The number of carbonyl (C=O) groups excluding carboxylic acids is 7. The maximum absolute atomic E-state index is 14.4. The Morgan fingerprint density at radius 1 is 0.829 bits per heavy atom. The quantitative estimate of drug-likeness (QED) is 0.0435. The summed E-state index contributed by atoms with van der Waals surface area (Å²) in [5, 5.41) is 19.1. The van der Waals surface area contributed by atoms with E-state index < -0.39 is 41.9 Å². The van der Waals surface area contributed by atoms with Crippen molar-refractivity contribution in [3.05, 3.63) is 95.7 Å². The Morgan fingerprint density at radius 3 is 2.23 bits per heavy atom. The number of hydrogen-bond donors (Lipinski definition) is 8. The van der Waals surface area contributed by atoms with Crippen LogP contribution in [0.25, 0.3) is 21.7 Å². The molecule has 0 radical (unpaired) electrons. The highest BCUT2D eigenvalue weighted by atomic mass is 35.5. The number of fused-ring (bicyclic) bond motifs is 4. The zero-order chi connectivity index (χ0) is 50.1. The van der Waals surface area contributed by atoms with Gasteiger partial charge >= 0.3 is 12.1 Å². The minimum absolute atomic E-state index is 0.142. The van der Waals surface area contributed by atoms with E-state index in [0.717, 1.165) is 29.4 Å². The number of benzene rings is 4. The van der Waals surface area contributed by atoms with Gasteiger partial charge < -0.3 is 62.1 Å². The second-order valence-corrected chi connectivity index (χ2v) is 18.2. The molecule has 0 bridgehead atoms. The van der Waals surface area contributed by atoms with Gasteiger partial charge in [-0.3, -0.25) is 24.0 Å². The number of nitrogens with zero attached hydrogens (tertiary/aromatic N) is 3. The van der Waals surface area contributed by atoms with Gasteiger partial charge in [0.15, 0.2) is 0 Å². The van der Waals surface area contributed by atoms with E-state index in [2.05, 4.69) is 41.8 Å². The van der Waals surface area contributed by atoms with Crippen molar-refractivity contribution in [1.82, 2.24) is 36.1 Å². The molecule has 0 aliphatic carbocycles. The molecular formula is C50H60ClN11O8. The summed E-state index contributed by atoms with van der Waals surface area (Å²) in [7, 11) is 2.01. The van der Waals surface area contributed by atoms with Crippen LogP contribution in [-0.4, -0.2) is 134 Å². The van der Waals surface area contributed by atoms with Crippen LogP contribution in [0, 0.1) is 5.92 Å². The smallest absolute Gasteiger partial charge is 0.409 e. The van der Waals surface area contributed by atoms with Gasteiger partial charge in [-0.15, -0.1) is 11.6 Å². The summed E-state index contributed by atoms with van der Waals surface area (Å²) in [6.07, 6.45) is 0.0842. The number of aromatic amines is 1. The number of rotatable bonds is 18. The molecule has 4 aromatic carbocycles. The fourth-order valence-electron chi connectivity index (χ4n) is 8.72. The van der Waals surface area contributed by atoms with E-state index in [-0.39, 0.29) is 42.5 Å². The molecule has 0 spiro atoms. The number of nitrogens with two attached hydrogens (primary N) is 1. The van der Waals surface area contributed by atoms with E-state index in [4.69, 9.17) is 22.1 Å². The lowest BCUT2D eigenvalue weighted by molar-refractivity contribution is -0.128. The van der Waals surface area contributed by atoms with Gasteiger partial charge in [0.1, 0.15) is 17.5 Å². The molecule has 70 heavy (non-hydrogen) atoms. The summed E-state index contributed by atoms with van der Waals surface area (Å²) in [6.45, 7) is 8.88. The topological polar surface area (TPSA) is 252 Å². The number of nitrogens with one attached hydrogen (secondary N) is 7. The summed E-state index contributed by atoms with van der Waals surface area (Å²) in [5.41, 5.74) is 8.89. The van der Waals surface area contributed by atoms with Gasteiger partial charge in [-0.25, -0.2) is 9.59 Å². The molecule has 3 atom stereocenters. The molecule has 19 nitrogen and oxygen atoms in total. The van der Waals surface area contributed by atoms with Crippen molar-refractivity contribution in [2.75, 3.05) is 80.8 Å². The summed E-state index contributed by atoms with van der Waals surface area (Å²) in [4.78, 5) is 99.5. The van der Waals surface area contributed by atoms with E-state index in [9.17, 15) is 33.6 Å². The third-order valence-corrected chi connectivity index (χ3v) is 12.8. The molecule has 0 saturated carbocycles. The van der Waals surface area contributed by atoms with Crippen LogP contribution in [0.15, 0.2) is 78.9 Å². The number of piperazine rings is 1. The number of alkyl halides is 1. The Morgan fingerprint density at radius 2 is 1.54 bits per heavy atom. The fraction of sp³-hybridized carbons (Fsp3) is 0.380. The molecule has 1 saturated heterocycles. The highest BCUT2D eigenvalue weighted by Crippen LogP contribution is 2.46. The molecule has 1 aromatic heterocycles. The van der Waals surface area contributed by atoms with Crippen molar-refractivity contribution < 1.29 is 38.3 Å². The van der Waals surface area contributed by atoms with Gasteiger partial charge in [0.2, 0.25) is 17.7 Å². The van der Waals surface area contributed by atoms with Gasteiger partial charge in [0.05, 0.1) is 11.7 Å². The van der Waals surface area contributed by atoms with Crippen LogP contribution in [0.4, 0.5) is 26.7 Å². The van der Waals surface area contributed by atoms with Crippen molar-refractivity contribution in [3.63, 3.8) is 0 Å². The van der Waals surface area contributed by atoms with Crippen molar-refractivity contribution >= 4 is 92.0 Å². The van der Waals surface area contributed by atoms with E-state index in [1.807, 2.05) is 45.2 Å². The number of urea groups is 1. The van der Waals surface area contributed by atoms with E-state index in [1.54, 1.807) is 64.4 Å². The first kappa shape index (κ1) is 50.7. The highest BCUT2D eigenvalue weighted by molar-refractivity contribution is 6.19. The average molecular weight is 979 g/mol. The Kier molecular flexibility index (Phi) is 16.6. The van der Waals surface area contributed by atoms with Crippen LogP contribution in [-0.2, 0) is 14.4 Å². The number of primary amides is 1. The molecule has 2 aliphatic rings. The van der Waals surface area contributed by atoms with Gasteiger partial charge in [0, 0.05) is 110 Å². The molecular weight excluding hydrogens is 918 g/mol. The Labute approximate surface area is 410 Å². The zero-order valence-corrected chi connectivity index (χ0v) is 40.4. The first-order valence-corrected chi connectivity index (χ1v) is 23.9. The number of amides is 8. The van der Waals surface area contributed by atoms with E-state index in [1.165, 1.54) is 6.92 Å². The number of carbonyl (C=O) groups is 7. The van der Waals surface area contributed by atoms with Crippen molar-refractivity contribution in [2.24, 2.45) is 11.7 Å². The number of likely N-dealkylation sites (N-methyl/N-ethyl adjacent to an activating group) is 1. The number of ether oxygens (including phenoxy) is 1. The molecule has 3 heterocycles. The summed E-state index contributed by atoms with van der Waals surface area (Å²) < 4.78 is 6.05. The largest absolute Gasteiger partial charge is 0.415 e. The minimum atomic E-state index is -0.978. The molecule has 9 N–H and O–H groups in total. The molecule has 8 amide bonds. The van der Waals surface area contributed by atoms with Crippen LogP contribution in [0.5, 0.6) is 5.75 Å². The number of halogens is 1. The summed E-state index contributed by atoms with van der Waals surface area (Å²) in [6, 6.07) is 20.3. The maximum atomic E-state index is 14.4. The van der Waals surface area contributed by atoms with Gasteiger partial charge in [-0.05, 0) is 85.3 Å². The summed E-state index contributed by atoms with van der Waals surface area (Å²) >= 11 is 6.55. The second kappa shape index (κ2) is 22.9. The van der Waals surface area contributed by atoms with Crippen LogP contribution in [0.2, 0.25) is 0 Å². The first-order valence-electron chi connectivity index (χ1n) is 23.4. The molecule has 1 fully saturated rings. The Bertz CT molecular complexity index is 2760. The monoisotopic (exact) mass is 977 g/mol. The normalized spacial score (nSPS) is 15.5. The standard InChI is InChI=1S/C50H60ClN11O8/c1-29(2)44(54-19-18-53-30(3)63)47(66)59-39(10-7-17-55-49(52)68)46(65)56-34-13-11-31(12-14-34)45(64)57-35-15-16-38-32(24-35)25-40(58-38)48(67)62-28-33(27-51)43-37-9-6-5-8-36(37)42(26-41(43)62)70-50(69)61-22-20-60(4)21-23-61/h5-6,8-9,11-16,24-26,29,33,39,44,54,58H,7,10,17-23,27-28H2,1-4H3,(H,53,63)(H,56,65)(H,57,64)(H,59,66)(H3,52,55,68)/t33-,39+,44+/m1/s1. The molecule has 370 valence electrons. The highest BCUT2D eigenvalue weighted by Gasteiger charge is 2.36. The van der Waals surface area contributed by atoms with Crippen molar-refractivity contribution in [3.8, 4) is 5.75 Å². The predicted octanol–water partition coefficient (Wildman–Crippen LogP) is 4.92. The molecule has 20 heteroatoms. The number of H-pyrrole nitrogens is 1. The first-order chi connectivity index (χ1) is 33.6. The number of aromatic nitrogens is 1. The Balaban J connectivity index is 1.01. The Hall–Kier alpha value is -7.22. The van der Waals surface area contributed by atoms with Gasteiger partial charge in [0.25, 0.3) is 11.8 Å². The lowest BCUT2D eigenvalue weighted by Crippen LogP contribution is -2.54. The van der Waals surface area contributed by atoms with Crippen LogP contribution in [0.3, 0.4) is 0 Å². The molecule has 2 aliphatic heterocycles. The molecule has 7 rings (SSSR count). The zero-order valence-electron chi connectivity index (χ0n) is 39.7. The minimum Gasteiger partial charge on any atom is -0.409 e. The van der Waals surface area contributed by atoms with Gasteiger partial charge in [-0.2, -0.15) is 0 Å². The SMILES string of the molecule is CC(=O)NCCN[C@H](C(=O)N[C@@H](CCCNC(N)=O)C(=O)Nc1ccc(C(=O)Nc2ccc3[nH]c(C(=O)N4C[C@@H](CCl)c5c4cc(OC(=O)N4CCN(C)CC4)c4ccccc54)cc3c2)cc1)C(C)C. The predicted molar refractivity (Wildman–Crippen MR) is 270 cm³/mol. The number of anilines is 3. The average Bonchev–Trinajstić information content (AvgIpc) is 3.94. The van der Waals surface area contributed by atoms with E-state index >= 15 is 0 Å². The lowest BCUT2D eigenvalue weighted by Gasteiger charge is -2.31. The lowest BCUT2D eigenvalue weighted by atomic mass is 9.95. The van der Waals surface area contributed by atoms with Crippen LogP contribution < -0.4 is 47.3 Å². The fourth-order valence-corrected chi connectivity index (χ4v) is 8.97. The van der Waals surface area contributed by atoms with E-state index in [0.29, 0.717) is 84.1 Å². The van der Waals surface area contributed by atoms with Crippen LogP contribution in [0.1, 0.15) is 65.9 Å². The molecule has 5 aromatic rings. The number of hydrogen-bond acceptors (Lipinski definition) is 10. The van der Waals surface area contributed by atoms with Crippen LogP contribution >= 0.6 is 11.6 Å². The molecule has 0 unspecified atom stereocenters. The van der Waals surface area contributed by atoms with Crippen molar-refractivity contribution in [2.45, 2.75) is 51.6 Å². The summed E-state index contributed by atoms with van der Waals surface area (Å²) in [5.74, 6) is -1.49. The third kappa shape index (κ3) is 12.3. The van der Waals surface area contributed by atoms with Crippen molar-refractivity contribution in [1.29, 1.82) is 0 Å². The maximum Gasteiger partial charge on any atom is 0.415 e. The third-order valence-electron chi connectivity index (χ3n) is 12.5. The second-order valence-electron chi connectivity index (χ2n) is 17.9.